The SMILES string of the molecule is CN(C(=O)C1CCCCC1)C1(c2ccccc2)CCN(Cc2ccccc2)CC1.Cc1ccc(S(=O)(=O)O)cc1. The van der Waals surface area contributed by atoms with Crippen molar-refractivity contribution in [3.8, 4) is 0 Å². The summed E-state index contributed by atoms with van der Waals surface area (Å²) in [6.45, 7) is 4.87. The van der Waals surface area contributed by atoms with Crippen molar-refractivity contribution in [1.82, 2.24) is 9.80 Å². The summed E-state index contributed by atoms with van der Waals surface area (Å²) >= 11 is 0. The number of hydrogen-bond donors (Lipinski definition) is 1. The fourth-order valence-corrected chi connectivity index (χ4v) is 6.51. The van der Waals surface area contributed by atoms with Crippen molar-refractivity contribution in [2.75, 3.05) is 20.1 Å². The molecule has 214 valence electrons. The number of benzene rings is 3. The van der Waals surface area contributed by atoms with Gasteiger partial charge >= 0.3 is 0 Å². The first-order valence-corrected chi connectivity index (χ1v) is 15.8. The average Bonchev–Trinajstić information content (AvgIpc) is 2.98. The van der Waals surface area contributed by atoms with Gasteiger partial charge in [-0.05, 0) is 55.9 Å². The van der Waals surface area contributed by atoms with Gasteiger partial charge in [0.1, 0.15) is 0 Å². The molecule has 1 saturated carbocycles. The largest absolute Gasteiger partial charge is 0.336 e. The van der Waals surface area contributed by atoms with E-state index in [-0.39, 0.29) is 16.4 Å². The van der Waals surface area contributed by atoms with Crippen LogP contribution in [0.1, 0.15) is 61.6 Å². The van der Waals surface area contributed by atoms with Crippen molar-refractivity contribution in [2.24, 2.45) is 5.92 Å². The third kappa shape index (κ3) is 7.59. The Balaban J connectivity index is 0.000000283. The van der Waals surface area contributed by atoms with Gasteiger partial charge in [-0.3, -0.25) is 14.2 Å². The van der Waals surface area contributed by atoms with Gasteiger partial charge in [0.05, 0.1) is 10.4 Å². The molecular weight excluding hydrogens is 520 g/mol. The zero-order valence-electron chi connectivity index (χ0n) is 23.7. The minimum Gasteiger partial charge on any atom is -0.336 e. The van der Waals surface area contributed by atoms with Crippen LogP contribution in [0.25, 0.3) is 0 Å². The van der Waals surface area contributed by atoms with E-state index >= 15 is 0 Å². The second-order valence-electron chi connectivity index (χ2n) is 11.2. The molecule has 0 spiro atoms. The Bertz CT molecular complexity index is 1310. The van der Waals surface area contributed by atoms with E-state index in [2.05, 4.69) is 77.5 Å². The number of nitrogens with zero attached hydrogens (tertiary/aromatic N) is 2. The highest BCUT2D eigenvalue weighted by atomic mass is 32.2. The lowest BCUT2D eigenvalue weighted by atomic mass is 9.78. The number of carbonyl (C=O) groups is 1. The fraction of sp³-hybridized carbons (Fsp3) is 0.424. The maximum atomic E-state index is 13.5. The summed E-state index contributed by atoms with van der Waals surface area (Å²) in [6, 6.07) is 27.5. The maximum Gasteiger partial charge on any atom is 0.294 e. The van der Waals surface area contributed by atoms with E-state index in [1.165, 1.54) is 42.5 Å². The van der Waals surface area contributed by atoms with E-state index in [0.717, 1.165) is 50.9 Å². The Morgan fingerprint density at radius 2 is 1.43 bits per heavy atom. The molecule has 0 atom stereocenters. The molecule has 0 bridgehead atoms. The standard InChI is InChI=1S/C26H34N2O.C7H8O3S/c1-27(25(29)23-13-7-3-8-14-23)26(24-15-9-4-10-16-24)17-19-28(20-18-26)21-22-11-5-2-6-12-22;1-6-2-4-7(5-3-6)11(8,9)10/h2,4-6,9-12,15-16,23H,3,7-8,13-14,17-21H2,1H3;2-5H,1H3,(H,8,9,10). The van der Waals surface area contributed by atoms with E-state index in [1.807, 2.05) is 6.92 Å². The number of aryl methyl sites for hydroxylation is 1. The van der Waals surface area contributed by atoms with Gasteiger partial charge in [0.25, 0.3) is 10.1 Å². The smallest absolute Gasteiger partial charge is 0.294 e. The minimum absolute atomic E-state index is 0.0666. The summed E-state index contributed by atoms with van der Waals surface area (Å²) < 4.78 is 29.6. The van der Waals surface area contributed by atoms with Gasteiger partial charge in [-0.25, -0.2) is 0 Å². The predicted molar refractivity (Wildman–Crippen MR) is 159 cm³/mol. The molecular formula is C33H42N2O4S. The number of likely N-dealkylation sites (tertiary alicyclic amines) is 1. The Labute approximate surface area is 239 Å². The molecule has 1 saturated heterocycles. The summed E-state index contributed by atoms with van der Waals surface area (Å²) in [6.07, 6.45) is 7.81. The van der Waals surface area contributed by atoms with Gasteiger partial charge in [0, 0.05) is 32.6 Å². The molecule has 5 rings (SSSR count). The molecule has 1 aliphatic heterocycles. The van der Waals surface area contributed by atoms with Crippen LogP contribution in [0.2, 0.25) is 0 Å². The predicted octanol–water partition coefficient (Wildman–Crippen LogP) is 6.46. The zero-order valence-corrected chi connectivity index (χ0v) is 24.5. The van der Waals surface area contributed by atoms with Gasteiger partial charge in [0.15, 0.2) is 0 Å². The number of piperidine rings is 1. The van der Waals surface area contributed by atoms with E-state index in [4.69, 9.17) is 4.55 Å². The Kier molecular flexibility index (Phi) is 10.2. The van der Waals surface area contributed by atoms with Crippen molar-refractivity contribution in [3.05, 3.63) is 102 Å². The molecule has 1 N–H and O–H groups in total. The molecule has 3 aromatic carbocycles. The normalized spacial score (nSPS) is 17.9. The molecule has 0 radical (unpaired) electrons. The van der Waals surface area contributed by atoms with Crippen LogP contribution in [-0.2, 0) is 27.0 Å². The van der Waals surface area contributed by atoms with E-state index in [9.17, 15) is 13.2 Å². The Morgan fingerprint density at radius 1 is 0.875 bits per heavy atom. The topological polar surface area (TPSA) is 77.9 Å². The van der Waals surface area contributed by atoms with Crippen LogP contribution in [0.5, 0.6) is 0 Å². The van der Waals surface area contributed by atoms with Crippen LogP contribution >= 0.6 is 0 Å². The molecule has 3 aromatic rings. The molecule has 2 aliphatic rings. The number of rotatable bonds is 6. The molecule has 6 nitrogen and oxygen atoms in total. The van der Waals surface area contributed by atoms with Crippen LogP contribution in [-0.4, -0.2) is 48.8 Å². The fourth-order valence-electron chi connectivity index (χ4n) is 6.03. The minimum atomic E-state index is -4.02. The van der Waals surface area contributed by atoms with Crippen LogP contribution in [0.15, 0.2) is 89.8 Å². The molecule has 7 heteroatoms. The molecule has 1 heterocycles. The van der Waals surface area contributed by atoms with Crippen molar-refractivity contribution in [1.29, 1.82) is 0 Å². The molecule has 1 aliphatic carbocycles. The number of hydrogen-bond acceptors (Lipinski definition) is 4. The molecule has 0 aromatic heterocycles. The van der Waals surface area contributed by atoms with Gasteiger partial charge in [-0.2, -0.15) is 8.42 Å². The van der Waals surface area contributed by atoms with Crippen LogP contribution < -0.4 is 0 Å². The highest BCUT2D eigenvalue weighted by Gasteiger charge is 2.43. The van der Waals surface area contributed by atoms with Crippen molar-refractivity contribution >= 4 is 16.0 Å². The first-order chi connectivity index (χ1) is 19.2. The zero-order chi connectivity index (χ0) is 28.6. The second kappa shape index (κ2) is 13.6. The first kappa shape index (κ1) is 30.0. The molecule has 2 fully saturated rings. The van der Waals surface area contributed by atoms with Crippen molar-refractivity contribution in [3.63, 3.8) is 0 Å². The molecule has 0 unspecified atom stereocenters. The third-order valence-electron chi connectivity index (χ3n) is 8.49. The monoisotopic (exact) mass is 562 g/mol. The summed E-state index contributed by atoms with van der Waals surface area (Å²) in [5.41, 5.74) is 3.44. The third-order valence-corrected chi connectivity index (χ3v) is 9.36. The number of carbonyl (C=O) groups excluding carboxylic acids is 1. The van der Waals surface area contributed by atoms with Crippen LogP contribution in [0.3, 0.4) is 0 Å². The van der Waals surface area contributed by atoms with Gasteiger partial charge in [-0.1, -0.05) is 97.6 Å². The first-order valence-electron chi connectivity index (χ1n) is 14.3. The van der Waals surface area contributed by atoms with Gasteiger partial charge < -0.3 is 4.90 Å². The second-order valence-corrected chi connectivity index (χ2v) is 12.6. The highest BCUT2D eigenvalue weighted by molar-refractivity contribution is 7.85. The summed E-state index contributed by atoms with van der Waals surface area (Å²) in [5.74, 6) is 0.585. The summed E-state index contributed by atoms with van der Waals surface area (Å²) in [4.78, 5) is 18.1. The average molecular weight is 563 g/mol. The van der Waals surface area contributed by atoms with E-state index < -0.39 is 10.1 Å². The highest BCUT2D eigenvalue weighted by Crippen LogP contribution is 2.40. The number of amides is 1. The lowest BCUT2D eigenvalue weighted by molar-refractivity contribution is -0.144. The van der Waals surface area contributed by atoms with E-state index in [0.29, 0.717) is 5.91 Å². The summed E-state index contributed by atoms with van der Waals surface area (Å²) in [7, 11) is -1.95. The van der Waals surface area contributed by atoms with Gasteiger partial charge in [0.2, 0.25) is 5.91 Å². The van der Waals surface area contributed by atoms with E-state index in [1.54, 1.807) is 12.1 Å². The quantitative estimate of drug-likeness (QED) is 0.349. The lowest BCUT2D eigenvalue weighted by Crippen LogP contribution is -2.55. The maximum absolute atomic E-state index is 13.5. The van der Waals surface area contributed by atoms with Crippen molar-refractivity contribution in [2.45, 2.75) is 68.8 Å². The molecule has 40 heavy (non-hydrogen) atoms. The summed E-state index contributed by atoms with van der Waals surface area (Å²) in [5, 5.41) is 0. The van der Waals surface area contributed by atoms with Crippen LogP contribution in [0, 0.1) is 12.8 Å². The Morgan fingerprint density at radius 3 is 1.98 bits per heavy atom. The van der Waals surface area contributed by atoms with Crippen LogP contribution in [0.4, 0.5) is 0 Å². The van der Waals surface area contributed by atoms with Crippen molar-refractivity contribution < 1.29 is 17.8 Å². The van der Waals surface area contributed by atoms with Gasteiger partial charge in [-0.15, -0.1) is 0 Å². The molecule has 1 amide bonds. The lowest BCUT2D eigenvalue weighted by Gasteiger charge is -2.49. The Hall–Kier alpha value is -3.00.